The number of hydrogen-bond donors (Lipinski definition) is 1. The summed E-state index contributed by atoms with van der Waals surface area (Å²) in [5.74, 6) is 3.78. The third-order valence-electron chi connectivity index (χ3n) is 4.80. The Morgan fingerprint density at radius 1 is 1.27 bits per heavy atom. The van der Waals surface area contributed by atoms with Crippen LogP contribution in [-0.4, -0.2) is 21.4 Å². The lowest BCUT2D eigenvalue weighted by atomic mass is 10.0. The van der Waals surface area contributed by atoms with Crippen LogP contribution < -0.4 is 5.32 Å². The fourth-order valence-electron chi connectivity index (χ4n) is 3.02. The minimum Gasteiger partial charge on any atom is -0.311 e. The summed E-state index contributed by atoms with van der Waals surface area (Å²) in [5.41, 5.74) is 1.55. The van der Waals surface area contributed by atoms with Gasteiger partial charge in [-0.25, -0.2) is 4.68 Å². The van der Waals surface area contributed by atoms with Gasteiger partial charge in [-0.05, 0) is 25.0 Å². The van der Waals surface area contributed by atoms with Gasteiger partial charge in [-0.15, -0.1) is 12.3 Å². The van der Waals surface area contributed by atoms with Crippen molar-refractivity contribution >= 4 is 11.7 Å². The second kappa shape index (κ2) is 6.75. The molecular formula is C20H21N5O. The van der Waals surface area contributed by atoms with Crippen LogP contribution in [0, 0.1) is 12.3 Å². The van der Waals surface area contributed by atoms with E-state index in [-0.39, 0.29) is 5.91 Å². The third-order valence-corrected chi connectivity index (χ3v) is 4.80. The summed E-state index contributed by atoms with van der Waals surface area (Å²) in [7, 11) is 0. The van der Waals surface area contributed by atoms with Gasteiger partial charge in [0.2, 0.25) is 5.91 Å². The van der Waals surface area contributed by atoms with E-state index in [0.29, 0.717) is 37.4 Å². The predicted octanol–water partition coefficient (Wildman–Crippen LogP) is 4.04. The van der Waals surface area contributed by atoms with Gasteiger partial charge in [0, 0.05) is 37.7 Å². The molecule has 2 aromatic rings. The van der Waals surface area contributed by atoms with E-state index in [2.05, 4.69) is 21.5 Å². The molecule has 0 radical (unpaired) electrons. The van der Waals surface area contributed by atoms with Crippen LogP contribution in [0.1, 0.15) is 50.1 Å². The van der Waals surface area contributed by atoms with Gasteiger partial charge in [0.1, 0.15) is 5.82 Å². The molecule has 26 heavy (non-hydrogen) atoms. The van der Waals surface area contributed by atoms with Crippen molar-refractivity contribution in [1.82, 2.24) is 9.78 Å². The Morgan fingerprint density at radius 2 is 2.04 bits per heavy atom. The largest absolute Gasteiger partial charge is 0.311 e. The van der Waals surface area contributed by atoms with Gasteiger partial charge < -0.3 is 5.32 Å². The van der Waals surface area contributed by atoms with Gasteiger partial charge in [-0.1, -0.05) is 18.2 Å². The highest BCUT2D eigenvalue weighted by Gasteiger charge is 2.39. The molecule has 0 saturated heterocycles. The number of nitrogens with zero attached hydrogens (tertiary/aromatic N) is 4. The zero-order chi connectivity index (χ0) is 18.0. The van der Waals surface area contributed by atoms with Gasteiger partial charge in [0.25, 0.3) is 0 Å². The molecule has 1 aliphatic carbocycles. The van der Waals surface area contributed by atoms with E-state index in [1.165, 1.54) is 12.8 Å². The number of carbonyl (C=O) groups excluding carboxylic acids is 1. The fraction of sp³-hybridized carbons (Fsp3) is 0.400. The maximum atomic E-state index is 12.5. The van der Waals surface area contributed by atoms with E-state index < -0.39 is 5.66 Å². The number of rotatable bonds is 8. The van der Waals surface area contributed by atoms with Crippen LogP contribution >= 0.6 is 0 Å². The molecule has 2 aliphatic rings. The van der Waals surface area contributed by atoms with Crippen LogP contribution in [0.4, 0.5) is 5.82 Å². The van der Waals surface area contributed by atoms with Gasteiger partial charge in [-0.3, -0.25) is 4.79 Å². The first-order valence-corrected chi connectivity index (χ1v) is 9.02. The van der Waals surface area contributed by atoms with Crippen molar-refractivity contribution in [3.63, 3.8) is 0 Å². The summed E-state index contributed by atoms with van der Waals surface area (Å²) in [5, 5.41) is 15.9. The molecule has 0 spiro atoms. The molecular weight excluding hydrogens is 326 g/mol. The molecule has 0 bridgehead atoms. The second-order valence-electron chi connectivity index (χ2n) is 6.91. The number of para-hydroxylation sites is 1. The number of aromatic nitrogens is 2. The number of amides is 1. The zero-order valence-corrected chi connectivity index (χ0v) is 14.6. The lowest BCUT2D eigenvalue weighted by Gasteiger charge is -2.10. The van der Waals surface area contributed by atoms with Crippen molar-refractivity contribution in [2.24, 2.45) is 10.2 Å². The van der Waals surface area contributed by atoms with E-state index in [4.69, 9.17) is 11.5 Å². The first-order valence-electron chi connectivity index (χ1n) is 9.02. The summed E-state index contributed by atoms with van der Waals surface area (Å²) in [4.78, 5) is 12.5. The molecule has 132 valence electrons. The van der Waals surface area contributed by atoms with E-state index in [1.807, 2.05) is 41.1 Å². The maximum absolute atomic E-state index is 12.5. The maximum Gasteiger partial charge on any atom is 0.225 e. The predicted molar refractivity (Wildman–Crippen MR) is 99.1 cm³/mol. The van der Waals surface area contributed by atoms with Crippen molar-refractivity contribution in [3.05, 3.63) is 42.1 Å². The summed E-state index contributed by atoms with van der Waals surface area (Å²) >= 11 is 0. The lowest BCUT2D eigenvalue weighted by molar-refractivity contribution is -0.116. The molecule has 1 N–H and O–H groups in total. The SMILES string of the molecule is C#CCCC1(CCC(=O)Nc2cc(C3CC3)nn2-c2ccccc2)N=N1. The lowest BCUT2D eigenvalue weighted by Crippen LogP contribution is -2.19. The van der Waals surface area contributed by atoms with Gasteiger partial charge >= 0.3 is 0 Å². The monoisotopic (exact) mass is 347 g/mol. The number of hydrogen-bond acceptors (Lipinski definition) is 4. The number of carbonyl (C=O) groups is 1. The Morgan fingerprint density at radius 3 is 2.69 bits per heavy atom. The van der Waals surface area contributed by atoms with Crippen LogP contribution in [0.25, 0.3) is 5.69 Å². The number of terminal acetylenes is 1. The first kappa shape index (κ1) is 16.5. The zero-order valence-electron chi connectivity index (χ0n) is 14.6. The molecule has 0 atom stereocenters. The highest BCUT2D eigenvalue weighted by atomic mass is 16.1. The fourth-order valence-corrected chi connectivity index (χ4v) is 3.02. The average molecular weight is 347 g/mol. The number of nitrogens with one attached hydrogen (secondary N) is 1. The molecule has 1 fully saturated rings. The standard InChI is InChI=1S/C20H21N5O/c1-2-3-12-20(23-24-20)13-11-19(26)21-18-14-17(15-9-10-15)22-25(18)16-7-5-4-6-8-16/h1,4-8,14-15H,3,9-13H2,(H,21,26). The molecule has 4 rings (SSSR count). The average Bonchev–Trinajstić information content (AvgIpc) is 3.59. The van der Waals surface area contributed by atoms with Crippen LogP contribution in [0.3, 0.4) is 0 Å². The van der Waals surface area contributed by atoms with E-state index in [9.17, 15) is 4.79 Å². The van der Waals surface area contributed by atoms with E-state index >= 15 is 0 Å². The molecule has 1 amide bonds. The molecule has 2 heterocycles. The van der Waals surface area contributed by atoms with Gasteiger partial charge in [0.05, 0.1) is 11.4 Å². The molecule has 1 aromatic heterocycles. The molecule has 0 unspecified atom stereocenters. The Kier molecular flexibility index (Phi) is 4.29. The van der Waals surface area contributed by atoms with Crippen molar-refractivity contribution in [3.8, 4) is 18.0 Å². The van der Waals surface area contributed by atoms with Crippen molar-refractivity contribution in [1.29, 1.82) is 0 Å². The third kappa shape index (κ3) is 3.67. The Bertz CT molecular complexity index is 867. The van der Waals surface area contributed by atoms with Crippen LogP contribution in [0.15, 0.2) is 46.6 Å². The summed E-state index contributed by atoms with van der Waals surface area (Å²) in [6.07, 6.45) is 9.92. The van der Waals surface area contributed by atoms with E-state index in [0.717, 1.165) is 11.4 Å². The highest BCUT2D eigenvalue weighted by Crippen LogP contribution is 2.41. The van der Waals surface area contributed by atoms with Crippen LogP contribution in [0.2, 0.25) is 0 Å². The highest BCUT2D eigenvalue weighted by molar-refractivity contribution is 5.90. The Labute approximate surface area is 152 Å². The van der Waals surface area contributed by atoms with Crippen LogP contribution in [0.5, 0.6) is 0 Å². The minimum atomic E-state index is -0.428. The Balaban J connectivity index is 1.44. The van der Waals surface area contributed by atoms with E-state index in [1.54, 1.807) is 0 Å². The van der Waals surface area contributed by atoms with Crippen LogP contribution in [-0.2, 0) is 4.79 Å². The molecule has 1 saturated carbocycles. The topological polar surface area (TPSA) is 71.6 Å². The summed E-state index contributed by atoms with van der Waals surface area (Å²) in [6, 6.07) is 11.8. The first-order chi connectivity index (χ1) is 12.7. The molecule has 6 heteroatoms. The quantitative estimate of drug-likeness (QED) is 0.732. The van der Waals surface area contributed by atoms with Crippen molar-refractivity contribution < 1.29 is 4.79 Å². The van der Waals surface area contributed by atoms with Gasteiger partial charge in [0.15, 0.2) is 5.66 Å². The summed E-state index contributed by atoms with van der Waals surface area (Å²) in [6.45, 7) is 0. The minimum absolute atomic E-state index is 0.0539. The van der Waals surface area contributed by atoms with Gasteiger partial charge in [-0.2, -0.15) is 15.3 Å². The molecule has 6 nitrogen and oxygen atoms in total. The van der Waals surface area contributed by atoms with Crippen molar-refractivity contribution in [2.45, 2.75) is 50.1 Å². The summed E-state index contributed by atoms with van der Waals surface area (Å²) < 4.78 is 1.81. The number of anilines is 1. The smallest absolute Gasteiger partial charge is 0.225 e. The Hall–Kier alpha value is -2.94. The second-order valence-corrected chi connectivity index (χ2v) is 6.91. The normalized spacial score (nSPS) is 16.9. The molecule has 1 aliphatic heterocycles. The molecule has 1 aromatic carbocycles. The number of benzene rings is 1. The van der Waals surface area contributed by atoms with Crippen molar-refractivity contribution in [2.75, 3.05) is 5.32 Å².